The molecule has 0 radical (unpaired) electrons. The second kappa shape index (κ2) is 7.96. The van der Waals surface area contributed by atoms with Gasteiger partial charge in [0.05, 0.1) is 12.8 Å². The molecule has 0 saturated heterocycles. The van der Waals surface area contributed by atoms with Crippen molar-refractivity contribution in [2.75, 3.05) is 12.4 Å². The molecule has 0 fully saturated rings. The van der Waals surface area contributed by atoms with E-state index in [9.17, 15) is 4.79 Å². The molecule has 0 saturated carbocycles. The molecule has 4 aromatic rings. The molecule has 1 amide bonds. The molecule has 0 aliphatic carbocycles. The summed E-state index contributed by atoms with van der Waals surface area (Å²) in [6.45, 7) is 2.05. The van der Waals surface area contributed by atoms with E-state index in [0.717, 1.165) is 28.1 Å². The molecular weight excluding hydrogens is 388 g/mol. The number of hydrogen-bond acceptors (Lipinski definition) is 5. The van der Waals surface area contributed by atoms with E-state index in [4.69, 9.17) is 4.74 Å². The number of anilines is 1. The van der Waals surface area contributed by atoms with Crippen molar-refractivity contribution in [1.29, 1.82) is 0 Å². The zero-order valence-corrected chi connectivity index (χ0v) is 17.1. The fourth-order valence-electron chi connectivity index (χ4n) is 2.82. The number of ether oxygens (including phenoxy) is 1. The number of nitrogens with one attached hydrogen (secondary N) is 1. The van der Waals surface area contributed by atoms with E-state index in [1.54, 1.807) is 7.11 Å². The van der Waals surface area contributed by atoms with Crippen LogP contribution in [-0.2, 0) is 0 Å². The van der Waals surface area contributed by atoms with Crippen molar-refractivity contribution in [1.82, 2.24) is 4.98 Å². The number of aryl methyl sites for hydroxylation is 1. The lowest BCUT2D eigenvalue weighted by atomic mass is 10.0. The number of carbonyl (C=O) groups excluding carboxylic acids is 1. The van der Waals surface area contributed by atoms with Crippen LogP contribution in [0, 0.1) is 6.92 Å². The van der Waals surface area contributed by atoms with Gasteiger partial charge >= 0.3 is 0 Å². The molecule has 28 heavy (non-hydrogen) atoms. The molecule has 2 heterocycles. The molecule has 0 bridgehead atoms. The maximum atomic E-state index is 12.8. The number of benzene rings is 2. The van der Waals surface area contributed by atoms with Crippen molar-refractivity contribution < 1.29 is 9.53 Å². The normalized spacial score (nSPS) is 10.6. The quantitative estimate of drug-likeness (QED) is 0.435. The Labute approximate surface area is 171 Å². The lowest BCUT2D eigenvalue weighted by Gasteiger charge is -2.05. The third-order valence-corrected chi connectivity index (χ3v) is 6.02. The van der Waals surface area contributed by atoms with Crippen molar-refractivity contribution in [2.45, 2.75) is 6.92 Å². The van der Waals surface area contributed by atoms with Gasteiger partial charge in [-0.05, 0) is 48.2 Å². The number of rotatable bonds is 5. The van der Waals surface area contributed by atoms with Crippen LogP contribution in [0.25, 0.3) is 22.4 Å². The molecule has 2 aromatic carbocycles. The van der Waals surface area contributed by atoms with Gasteiger partial charge in [-0.3, -0.25) is 10.1 Å². The molecule has 140 valence electrons. The van der Waals surface area contributed by atoms with Crippen molar-refractivity contribution in [2.24, 2.45) is 0 Å². The molecule has 4 nitrogen and oxygen atoms in total. The van der Waals surface area contributed by atoms with Crippen LogP contribution >= 0.6 is 22.7 Å². The van der Waals surface area contributed by atoms with E-state index in [1.807, 2.05) is 60.1 Å². The highest BCUT2D eigenvalue weighted by atomic mass is 32.1. The molecule has 0 aliphatic rings. The highest BCUT2D eigenvalue weighted by Gasteiger charge is 2.16. The summed E-state index contributed by atoms with van der Waals surface area (Å²) in [4.78, 5) is 18.1. The maximum Gasteiger partial charge on any atom is 0.268 e. The Morgan fingerprint density at radius 3 is 2.39 bits per heavy atom. The fraction of sp³-hybridized carbons (Fsp3) is 0.0909. The van der Waals surface area contributed by atoms with Crippen molar-refractivity contribution >= 4 is 33.7 Å². The first-order valence-corrected chi connectivity index (χ1v) is 10.5. The van der Waals surface area contributed by atoms with E-state index in [0.29, 0.717) is 10.0 Å². The molecule has 0 atom stereocenters. The van der Waals surface area contributed by atoms with Crippen LogP contribution in [0.2, 0.25) is 0 Å². The van der Waals surface area contributed by atoms with Crippen LogP contribution in [0.4, 0.5) is 5.13 Å². The van der Waals surface area contributed by atoms with Gasteiger partial charge in [0.15, 0.2) is 5.13 Å². The highest BCUT2D eigenvalue weighted by molar-refractivity contribution is 7.15. The summed E-state index contributed by atoms with van der Waals surface area (Å²) in [6, 6.07) is 17.9. The smallest absolute Gasteiger partial charge is 0.268 e. The number of thiazole rings is 1. The Kier molecular flexibility index (Phi) is 5.23. The van der Waals surface area contributed by atoms with Crippen LogP contribution < -0.4 is 10.1 Å². The van der Waals surface area contributed by atoms with Gasteiger partial charge in [0.1, 0.15) is 10.6 Å². The fourth-order valence-corrected chi connectivity index (χ4v) is 4.35. The Morgan fingerprint density at radius 2 is 1.68 bits per heavy atom. The average Bonchev–Trinajstić information content (AvgIpc) is 3.38. The van der Waals surface area contributed by atoms with E-state index in [1.165, 1.54) is 28.2 Å². The predicted octanol–water partition coefficient (Wildman–Crippen LogP) is 6.11. The number of aromatic nitrogens is 1. The van der Waals surface area contributed by atoms with Gasteiger partial charge in [-0.25, -0.2) is 4.98 Å². The molecule has 0 spiro atoms. The first-order valence-electron chi connectivity index (χ1n) is 8.70. The number of thiophene rings is 1. The minimum atomic E-state index is -0.138. The zero-order valence-electron chi connectivity index (χ0n) is 15.4. The number of nitrogens with zero attached hydrogens (tertiary/aromatic N) is 1. The van der Waals surface area contributed by atoms with Gasteiger partial charge in [0.25, 0.3) is 5.91 Å². The van der Waals surface area contributed by atoms with Gasteiger partial charge in [-0.15, -0.1) is 22.7 Å². The molecule has 1 N–H and O–H groups in total. The van der Waals surface area contributed by atoms with Crippen LogP contribution in [0.5, 0.6) is 5.75 Å². The molecule has 0 unspecified atom stereocenters. The standard InChI is InChI=1S/C22H18N2O2S2/c1-14-3-5-15(6-4-14)18-11-12-27-20(18)21(25)24-22-23-19(13-28-22)16-7-9-17(26-2)10-8-16/h3-13H,1-2H3,(H,23,24,25). The molecular formula is C22H18N2O2S2. The summed E-state index contributed by atoms with van der Waals surface area (Å²) < 4.78 is 5.18. The van der Waals surface area contributed by atoms with Crippen LogP contribution in [-0.4, -0.2) is 18.0 Å². The van der Waals surface area contributed by atoms with E-state index in [-0.39, 0.29) is 5.91 Å². The maximum absolute atomic E-state index is 12.8. The predicted molar refractivity (Wildman–Crippen MR) is 117 cm³/mol. The van der Waals surface area contributed by atoms with Crippen molar-refractivity contribution in [3.63, 3.8) is 0 Å². The van der Waals surface area contributed by atoms with Crippen LogP contribution in [0.15, 0.2) is 65.4 Å². The van der Waals surface area contributed by atoms with Gasteiger partial charge in [-0.1, -0.05) is 29.8 Å². The molecule has 0 aliphatic heterocycles. The van der Waals surface area contributed by atoms with E-state index >= 15 is 0 Å². The summed E-state index contributed by atoms with van der Waals surface area (Å²) in [6.07, 6.45) is 0. The third-order valence-electron chi connectivity index (χ3n) is 4.34. The topological polar surface area (TPSA) is 51.2 Å². The van der Waals surface area contributed by atoms with Gasteiger partial charge in [0, 0.05) is 16.5 Å². The third kappa shape index (κ3) is 3.83. The Morgan fingerprint density at radius 1 is 0.964 bits per heavy atom. The minimum Gasteiger partial charge on any atom is -0.497 e. The Hall–Kier alpha value is -2.96. The lowest BCUT2D eigenvalue weighted by Crippen LogP contribution is -2.11. The largest absolute Gasteiger partial charge is 0.497 e. The van der Waals surface area contributed by atoms with E-state index in [2.05, 4.69) is 22.4 Å². The SMILES string of the molecule is COc1ccc(-c2csc(NC(=O)c3sccc3-c3ccc(C)cc3)n2)cc1. The Bertz CT molecular complexity index is 1100. The lowest BCUT2D eigenvalue weighted by molar-refractivity contribution is 0.103. The average molecular weight is 407 g/mol. The first kappa shape index (κ1) is 18.4. The Balaban J connectivity index is 1.53. The number of methoxy groups -OCH3 is 1. The van der Waals surface area contributed by atoms with Crippen LogP contribution in [0.3, 0.4) is 0 Å². The second-order valence-electron chi connectivity index (χ2n) is 6.25. The summed E-state index contributed by atoms with van der Waals surface area (Å²) >= 11 is 2.85. The minimum absolute atomic E-state index is 0.138. The van der Waals surface area contributed by atoms with Gasteiger partial charge in [-0.2, -0.15) is 0 Å². The van der Waals surface area contributed by atoms with Gasteiger partial charge < -0.3 is 4.74 Å². The van der Waals surface area contributed by atoms with Gasteiger partial charge in [0.2, 0.25) is 0 Å². The zero-order chi connectivity index (χ0) is 19.5. The van der Waals surface area contributed by atoms with E-state index < -0.39 is 0 Å². The number of amides is 1. The van der Waals surface area contributed by atoms with Crippen molar-refractivity contribution in [3.05, 3.63) is 75.8 Å². The molecule has 4 rings (SSSR count). The second-order valence-corrected chi connectivity index (χ2v) is 8.02. The summed E-state index contributed by atoms with van der Waals surface area (Å²) in [5.41, 5.74) is 4.98. The summed E-state index contributed by atoms with van der Waals surface area (Å²) in [7, 11) is 1.64. The highest BCUT2D eigenvalue weighted by Crippen LogP contribution is 2.31. The number of carbonyl (C=O) groups is 1. The molecule has 2 aromatic heterocycles. The summed E-state index contributed by atoms with van der Waals surface area (Å²) in [5, 5.41) is 7.39. The summed E-state index contributed by atoms with van der Waals surface area (Å²) in [5.74, 6) is 0.662. The first-order chi connectivity index (χ1) is 13.6. The van der Waals surface area contributed by atoms with Crippen molar-refractivity contribution in [3.8, 4) is 28.1 Å². The molecule has 6 heteroatoms. The number of hydrogen-bond donors (Lipinski definition) is 1. The monoisotopic (exact) mass is 406 g/mol. The van der Waals surface area contributed by atoms with Crippen LogP contribution in [0.1, 0.15) is 15.2 Å².